The molecule has 0 radical (unpaired) electrons. The Balaban J connectivity index is 2.08. The number of methoxy groups -OCH3 is 1. The van der Waals surface area contributed by atoms with E-state index in [4.69, 9.17) is 4.74 Å². The highest BCUT2D eigenvalue weighted by Gasteiger charge is 2.43. The van der Waals surface area contributed by atoms with Crippen molar-refractivity contribution >= 4 is 27.8 Å². The van der Waals surface area contributed by atoms with Crippen molar-refractivity contribution in [2.24, 2.45) is 5.41 Å². The van der Waals surface area contributed by atoms with Crippen LogP contribution in [0.15, 0.2) is 28.7 Å². The zero-order valence-electron chi connectivity index (χ0n) is 12.5. The zero-order chi connectivity index (χ0) is 16.2. The van der Waals surface area contributed by atoms with Crippen LogP contribution in [0.1, 0.15) is 18.4 Å². The molecule has 1 fully saturated rings. The van der Waals surface area contributed by atoms with Crippen LogP contribution in [-0.4, -0.2) is 48.7 Å². The average Bonchev–Trinajstić information content (AvgIpc) is 2.47. The van der Waals surface area contributed by atoms with Crippen LogP contribution in [0.3, 0.4) is 0 Å². The van der Waals surface area contributed by atoms with Gasteiger partial charge < -0.3 is 14.7 Å². The highest BCUT2D eigenvalue weighted by atomic mass is 79.9. The molecule has 22 heavy (non-hydrogen) atoms. The van der Waals surface area contributed by atoms with E-state index >= 15 is 0 Å². The molecule has 6 heteroatoms. The maximum absolute atomic E-state index is 12.5. The molecule has 1 atom stereocenters. The van der Waals surface area contributed by atoms with E-state index in [-0.39, 0.29) is 25.5 Å². The van der Waals surface area contributed by atoms with Crippen LogP contribution in [0, 0.1) is 5.41 Å². The topological polar surface area (TPSA) is 66.8 Å². The molecule has 1 aliphatic heterocycles. The summed E-state index contributed by atoms with van der Waals surface area (Å²) in [4.78, 5) is 25.7. The van der Waals surface area contributed by atoms with Gasteiger partial charge in [-0.1, -0.05) is 28.1 Å². The molecule has 0 saturated carbocycles. The van der Waals surface area contributed by atoms with Crippen LogP contribution in [0.2, 0.25) is 0 Å². The predicted molar refractivity (Wildman–Crippen MR) is 85.6 cm³/mol. The fourth-order valence-electron chi connectivity index (χ4n) is 2.91. The Kier molecular flexibility index (Phi) is 5.58. The Hall–Kier alpha value is -1.40. The summed E-state index contributed by atoms with van der Waals surface area (Å²) in [5.74, 6) is -0.936. The summed E-state index contributed by atoms with van der Waals surface area (Å²) in [5, 5.41) is 9.52. The van der Waals surface area contributed by atoms with Crippen LogP contribution < -0.4 is 0 Å². The van der Waals surface area contributed by atoms with Crippen molar-refractivity contribution in [3.05, 3.63) is 34.3 Å². The summed E-state index contributed by atoms with van der Waals surface area (Å²) < 4.78 is 6.01. The van der Waals surface area contributed by atoms with Crippen LogP contribution in [-0.2, 0) is 20.7 Å². The molecule has 1 aromatic carbocycles. The maximum Gasteiger partial charge on any atom is 0.313 e. The van der Waals surface area contributed by atoms with Gasteiger partial charge in [-0.05, 0) is 30.5 Å². The molecule has 2 rings (SSSR count). The third-order valence-corrected chi connectivity index (χ3v) is 4.54. The van der Waals surface area contributed by atoms with Gasteiger partial charge in [0.25, 0.3) is 0 Å². The number of ether oxygens (including phenoxy) is 1. The number of nitrogens with zero attached hydrogens (tertiary/aromatic N) is 1. The molecule has 0 bridgehead atoms. The summed E-state index contributed by atoms with van der Waals surface area (Å²) in [6.45, 7) is 0.942. The fraction of sp³-hybridized carbons (Fsp3) is 0.500. The Bertz CT molecular complexity index is 559. The van der Waals surface area contributed by atoms with Gasteiger partial charge in [-0.3, -0.25) is 9.59 Å². The number of carbonyl (C=O) groups is 2. The van der Waals surface area contributed by atoms with E-state index in [1.54, 1.807) is 4.90 Å². The summed E-state index contributed by atoms with van der Waals surface area (Å²) in [5.41, 5.74) is -0.0717. The van der Waals surface area contributed by atoms with Crippen LogP contribution in [0.25, 0.3) is 0 Å². The summed E-state index contributed by atoms with van der Waals surface area (Å²) >= 11 is 3.39. The second kappa shape index (κ2) is 7.24. The van der Waals surface area contributed by atoms with E-state index in [1.165, 1.54) is 7.11 Å². The second-order valence-electron chi connectivity index (χ2n) is 5.74. The fourth-order valence-corrected chi connectivity index (χ4v) is 3.36. The van der Waals surface area contributed by atoms with E-state index in [0.29, 0.717) is 19.4 Å². The van der Waals surface area contributed by atoms with Gasteiger partial charge in [0, 0.05) is 24.7 Å². The Morgan fingerprint density at radius 1 is 1.45 bits per heavy atom. The first-order valence-corrected chi connectivity index (χ1v) is 8.01. The van der Waals surface area contributed by atoms with Crippen molar-refractivity contribution < 1.29 is 19.4 Å². The minimum Gasteiger partial charge on any atom is -0.481 e. The molecule has 0 spiro atoms. The molecule has 1 saturated heterocycles. The third kappa shape index (κ3) is 3.87. The van der Waals surface area contributed by atoms with E-state index in [2.05, 4.69) is 15.9 Å². The highest BCUT2D eigenvalue weighted by molar-refractivity contribution is 9.10. The van der Waals surface area contributed by atoms with Gasteiger partial charge in [-0.25, -0.2) is 0 Å². The van der Waals surface area contributed by atoms with Crippen LogP contribution in [0.5, 0.6) is 0 Å². The van der Waals surface area contributed by atoms with Gasteiger partial charge >= 0.3 is 5.97 Å². The number of halogens is 1. The normalized spacial score (nSPS) is 21.6. The van der Waals surface area contributed by atoms with Gasteiger partial charge in [-0.15, -0.1) is 0 Å². The first-order valence-electron chi connectivity index (χ1n) is 7.21. The molecule has 1 N–H and O–H groups in total. The maximum atomic E-state index is 12.5. The lowest BCUT2D eigenvalue weighted by molar-refractivity contribution is -0.159. The smallest absolute Gasteiger partial charge is 0.313 e. The number of carboxylic acid groups (broad SMARTS) is 1. The number of carbonyl (C=O) groups excluding carboxylic acids is 1. The van der Waals surface area contributed by atoms with Gasteiger partial charge in [0.15, 0.2) is 0 Å². The van der Waals surface area contributed by atoms with E-state index in [1.807, 2.05) is 24.3 Å². The van der Waals surface area contributed by atoms with E-state index < -0.39 is 11.4 Å². The number of hydrogen-bond acceptors (Lipinski definition) is 3. The van der Waals surface area contributed by atoms with Crippen molar-refractivity contribution in [1.29, 1.82) is 0 Å². The van der Waals surface area contributed by atoms with Gasteiger partial charge in [0.1, 0.15) is 5.41 Å². The Morgan fingerprint density at radius 3 is 2.86 bits per heavy atom. The quantitative estimate of drug-likeness (QED) is 0.864. The van der Waals surface area contributed by atoms with Crippen molar-refractivity contribution in [1.82, 2.24) is 4.90 Å². The van der Waals surface area contributed by atoms with Crippen molar-refractivity contribution in [2.45, 2.75) is 19.3 Å². The number of amides is 1. The van der Waals surface area contributed by atoms with Crippen LogP contribution >= 0.6 is 15.9 Å². The molecule has 120 valence electrons. The number of rotatable bonds is 5. The van der Waals surface area contributed by atoms with Crippen LogP contribution in [0.4, 0.5) is 0 Å². The molecular formula is C16H20BrNO4. The molecule has 1 aromatic rings. The molecule has 0 aliphatic carbocycles. The first kappa shape index (κ1) is 17.0. The first-order chi connectivity index (χ1) is 10.5. The lowest BCUT2D eigenvalue weighted by Crippen LogP contribution is -2.52. The SMILES string of the molecule is COCC1(C(=O)O)CCCN(C(=O)Cc2cccc(Br)c2)C1. The molecule has 1 heterocycles. The summed E-state index contributed by atoms with van der Waals surface area (Å²) in [7, 11) is 1.49. The minimum absolute atomic E-state index is 0.0421. The van der Waals surface area contributed by atoms with Crippen molar-refractivity contribution in [3.8, 4) is 0 Å². The Labute approximate surface area is 138 Å². The predicted octanol–water partition coefficient (Wildman–Crippen LogP) is 2.33. The number of aliphatic carboxylic acids is 1. The van der Waals surface area contributed by atoms with Crippen molar-refractivity contribution in [3.63, 3.8) is 0 Å². The van der Waals surface area contributed by atoms with E-state index in [9.17, 15) is 14.7 Å². The molecule has 1 unspecified atom stereocenters. The van der Waals surface area contributed by atoms with Crippen molar-refractivity contribution in [2.75, 3.05) is 26.8 Å². The van der Waals surface area contributed by atoms with Gasteiger partial charge in [-0.2, -0.15) is 0 Å². The number of carboxylic acids is 1. The monoisotopic (exact) mass is 369 g/mol. The Morgan fingerprint density at radius 2 is 2.23 bits per heavy atom. The highest BCUT2D eigenvalue weighted by Crippen LogP contribution is 2.31. The van der Waals surface area contributed by atoms with Gasteiger partial charge in [0.2, 0.25) is 5.91 Å². The minimum atomic E-state index is -0.986. The molecular weight excluding hydrogens is 350 g/mol. The molecule has 1 amide bonds. The third-order valence-electron chi connectivity index (χ3n) is 4.05. The van der Waals surface area contributed by atoms with E-state index in [0.717, 1.165) is 10.0 Å². The number of likely N-dealkylation sites (tertiary alicyclic amines) is 1. The molecule has 1 aliphatic rings. The number of hydrogen-bond donors (Lipinski definition) is 1. The molecule has 0 aromatic heterocycles. The largest absolute Gasteiger partial charge is 0.481 e. The van der Waals surface area contributed by atoms with Gasteiger partial charge in [0.05, 0.1) is 13.0 Å². The number of benzene rings is 1. The standard InChI is InChI=1S/C16H20BrNO4/c1-22-11-16(15(20)21)6-3-7-18(10-16)14(19)9-12-4-2-5-13(17)8-12/h2,4-5,8H,3,6-7,9-11H2,1H3,(H,20,21). The lowest BCUT2D eigenvalue weighted by atomic mass is 9.80. The average molecular weight is 370 g/mol. The summed E-state index contributed by atoms with van der Waals surface area (Å²) in [6.07, 6.45) is 1.50. The molecule has 5 nitrogen and oxygen atoms in total. The zero-order valence-corrected chi connectivity index (χ0v) is 14.1. The lowest BCUT2D eigenvalue weighted by Gasteiger charge is -2.39. The second-order valence-corrected chi connectivity index (χ2v) is 6.66. The number of piperidine rings is 1. The summed E-state index contributed by atoms with van der Waals surface area (Å²) in [6, 6.07) is 7.59.